The van der Waals surface area contributed by atoms with Gasteiger partial charge in [0.1, 0.15) is 11.8 Å². The molecule has 1 aromatic heterocycles. The Labute approximate surface area is 91.6 Å². The van der Waals surface area contributed by atoms with Crippen molar-refractivity contribution in [3.05, 3.63) is 34.6 Å². The molecule has 0 aliphatic carbocycles. The molecule has 0 amide bonds. The molecule has 1 aromatic rings. The van der Waals surface area contributed by atoms with Crippen LogP contribution in [0.25, 0.3) is 0 Å². The van der Waals surface area contributed by atoms with Gasteiger partial charge >= 0.3 is 0 Å². The maximum absolute atomic E-state index is 8.70. The SMILES string of the molecule is C=C(Br)CNc1cc(C)nc(C#N)c1. The molecule has 14 heavy (non-hydrogen) atoms. The Kier molecular flexibility index (Phi) is 3.66. The molecule has 3 nitrogen and oxygen atoms in total. The van der Waals surface area contributed by atoms with Gasteiger partial charge in [0.15, 0.2) is 0 Å². The van der Waals surface area contributed by atoms with Crippen LogP contribution in [-0.4, -0.2) is 11.5 Å². The third-order valence-corrected chi connectivity index (χ3v) is 1.83. The van der Waals surface area contributed by atoms with Gasteiger partial charge in [0.25, 0.3) is 0 Å². The van der Waals surface area contributed by atoms with Crippen LogP contribution < -0.4 is 5.32 Å². The first-order valence-electron chi connectivity index (χ1n) is 4.08. The highest BCUT2D eigenvalue weighted by Gasteiger charge is 1.98. The van der Waals surface area contributed by atoms with Gasteiger partial charge in [-0.3, -0.25) is 0 Å². The van der Waals surface area contributed by atoms with Crippen molar-refractivity contribution in [2.45, 2.75) is 6.92 Å². The Balaban J connectivity index is 2.82. The smallest absolute Gasteiger partial charge is 0.142 e. The van der Waals surface area contributed by atoms with E-state index in [-0.39, 0.29) is 0 Å². The predicted molar refractivity (Wildman–Crippen MR) is 60.2 cm³/mol. The summed E-state index contributed by atoms with van der Waals surface area (Å²) in [6.07, 6.45) is 0. The summed E-state index contributed by atoms with van der Waals surface area (Å²) >= 11 is 3.25. The van der Waals surface area contributed by atoms with Crippen LogP contribution in [0, 0.1) is 18.3 Å². The van der Waals surface area contributed by atoms with Crippen LogP contribution in [0.3, 0.4) is 0 Å². The lowest BCUT2D eigenvalue weighted by Gasteiger charge is -2.05. The van der Waals surface area contributed by atoms with Crippen LogP contribution in [0.1, 0.15) is 11.4 Å². The number of nitriles is 1. The third-order valence-electron chi connectivity index (χ3n) is 1.55. The largest absolute Gasteiger partial charge is 0.380 e. The van der Waals surface area contributed by atoms with E-state index in [0.29, 0.717) is 12.2 Å². The van der Waals surface area contributed by atoms with Crippen LogP contribution >= 0.6 is 15.9 Å². The Bertz CT molecular complexity index is 393. The minimum Gasteiger partial charge on any atom is -0.380 e. The third kappa shape index (κ3) is 3.19. The number of aryl methyl sites for hydroxylation is 1. The molecule has 0 aliphatic heterocycles. The van der Waals surface area contributed by atoms with E-state index in [0.717, 1.165) is 15.9 Å². The van der Waals surface area contributed by atoms with Crippen molar-refractivity contribution in [1.82, 2.24) is 4.98 Å². The van der Waals surface area contributed by atoms with Gasteiger partial charge in [-0.2, -0.15) is 5.26 Å². The van der Waals surface area contributed by atoms with E-state index < -0.39 is 0 Å². The summed E-state index contributed by atoms with van der Waals surface area (Å²) in [5, 5.41) is 11.8. The second-order valence-electron chi connectivity index (χ2n) is 2.87. The summed E-state index contributed by atoms with van der Waals surface area (Å²) in [7, 11) is 0. The molecule has 1 heterocycles. The molecule has 0 radical (unpaired) electrons. The fourth-order valence-corrected chi connectivity index (χ4v) is 1.17. The number of pyridine rings is 1. The topological polar surface area (TPSA) is 48.7 Å². The van der Waals surface area contributed by atoms with Gasteiger partial charge in [0.05, 0.1) is 0 Å². The highest BCUT2D eigenvalue weighted by molar-refractivity contribution is 9.11. The van der Waals surface area contributed by atoms with Gasteiger partial charge in [-0.1, -0.05) is 22.5 Å². The van der Waals surface area contributed by atoms with E-state index in [2.05, 4.69) is 32.8 Å². The van der Waals surface area contributed by atoms with Crippen molar-refractivity contribution < 1.29 is 0 Å². The van der Waals surface area contributed by atoms with Gasteiger partial charge in [0, 0.05) is 22.4 Å². The second kappa shape index (κ2) is 4.77. The molecule has 4 heteroatoms. The number of anilines is 1. The molecule has 72 valence electrons. The summed E-state index contributed by atoms with van der Waals surface area (Å²) in [6.45, 7) is 6.20. The average molecular weight is 252 g/mol. The number of nitrogens with one attached hydrogen (secondary N) is 1. The highest BCUT2D eigenvalue weighted by Crippen LogP contribution is 2.12. The molecule has 0 saturated carbocycles. The maximum Gasteiger partial charge on any atom is 0.142 e. The van der Waals surface area contributed by atoms with Crippen LogP contribution in [0.5, 0.6) is 0 Å². The summed E-state index contributed by atoms with van der Waals surface area (Å²) in [5.74, 6) is 0. The van der Waals surface area contributed by atoms with Crippen molar-refractivity contribution in [2.24, 2.45) is 0 Å². The van der Waals surface area contributed by atoms with E-state index in [4.69, 9.17) is 5.26 Å². The Hall–Kier alpha value is -1.34. The molecule has 1 N–H and O–H groups in total. The number of rotatable bonds is 3. The highest BCUT2D eigenvalue weighted by atomic mass is 79.9. The zero-order chi connectivity index (χ0) is 10.6. The monoisotopic (exact) mass is 251 g/mol. The van der Waals surface area contributed by atoms with Gasteiger partial charge < -0.3 is 5.32 Å². The second-order valence-corrected chi connectivity index (χ2v) is 3.99. The van der Waals surface area contributed by atoms with Gasteiger partial charge in [-0.15, -0.1) is 0 Å². The van der Waals surface area contributed by atoms with Gasteiger partial charge in [0.2, 0.25) is 0 Å². The molecular weight excluding hydrogens is 242 g/mol. The van der Waals surface area contributed by atoms with E-state index in [1.165, 1.54) is 0 Å². The van der Waals surface area contributed by atoms with Gasteiger partial charge in [-0.05, 0) is 19.1 Å². The number of nitrogens with zero attached hydrogens (tertiary/aromatic N) is 2. The minimum absolute atomic E-state index is 0.424. The number of hydrogen-bond acceptors (Lipinski definition) is 3. The Morgan fingerprint density at radius 1 is 1.71 bits per heavy atom. The van der Waals surface area contributed by atoms with Gasteiger partial charge in [-0.25, -0.2) is 4.98 Å². The maximum atomic E-state index is 8.70. The zero-order valence-electron chi connectivity index (χ0n) is 7.84. The fourth-order valence-electron chi connectivity index (χ4n) is 1.03. The molecule has 0 bridgehead atoms. The lowest BCUT2D eigenvalue weighted by Crippen LogP contribution is -2.02. The van der Waals surface area contributed by atoms with Crippen molar-refractivity contribution in [1.29, 1.82) is 5.26 Å². The molecule has 0 atom stereocenters. The first-order chi connectivity index (χ1) is 6.61. The summed E-state index contributed by atoms with van der Waals surface area (Å²) in [5.41, 5.74) is 2.13. The first-order valence-corrected chi connectivity index (χ1v) is 4.87. The first kappa shape index (κ1) is 10.7. The standard InChI is InChI=1S/C10H10BrN3/c1-7(11)6-13-9-3-8(2)14-10(4-9)5-12/h3-4H,1,6H2,2H3,(H,13,14). The van der Waals surface area contributed by atoms with Crippen LogP contribution in [0.2, 0.25) is 0 Å². The number of halogens is 1. The van der Waals surface area contributed by atoms with Crippen LogP contribution in [0.15, 0.2) is 23.2 Å². The van der Waals surface area contributed by atoms with E-state index in [1.807, 2.05) is 19.1 Å². The van der Waals surface area contributed by atoms with Crippen LogP contribution in [0.4, 0.5) is 5.69 Å². The molecule has 1 rings (SSSR count). The number of aromatic nitrogens is 1. The van der Waals surface area contributed by atoms with E-state index in [1.54, 1.807) is 6.07 Å². The van der Waals surface area contributed by atoms with Crippen molar-refractivity contribution >= 4 is 21.6 Å². The average Bonchev–Trinajstić information content (AvgIpc) is 2.14. The summed E-state index contributed by atoms with van der Waals surface area (Å²) in [4.78, 5) is 4.04. The summed E-state index contributed by atoms with van der Waals surface area (Å²) in [6, 6.07) is 5.61. The molecule has 0 fully saturated rings. The lowest BCUT2D eigenvalue weighted by molar-refractivity contribution is 1.16. The zero-order valence-corrected chi connectivity index (χ0v) is 9.43. The van der Waals surface area contributed by atoms with Crippen molar-refractivity contribution in [2.75, 3.05) is 11.9 Å². The minimum atomic E-state index is 0.424. The molecule has 0 saturated heterocycles. The van der Waals surface area contributed by atoms with E-state index >= 15 is 0 Å². The lowest BCUT2D eigenvalue weighted by atomic mass is 10.3. The van der Waals surface area contributed by atoms with E-state index in [9.17, 15) is 0 Å². The molecule has 0 aromatic carbocycles. The fraction of sp³-hybridized carbons (Fsp3) is 0.200. The normalized spacial score (nSPS) is 9.21. The van der Waals surface area contributed by atoms with Crippen molar-refractivity contribution in [3.63, 3.8) is 0 Å². The summed E-state index contributed by atoms with van der Waals surface area (Å²) < 4.78 is 0.866. The molecular formula is C10H10BrN3. The molecule has 0 spiro atoms. The quantitative estimate of drug-likeness (QED) is 0.899. The predicted octanol–water partition coefficient (Wildman–Crippen LogP) is 2.58. The Morgan fingerprint density at radius 3 is 3.00 bits per heavy atom. The van der Waals surface area contributed by atoms with Crippen LogP contribution in [-0.2, 0) is 0 Å². The molecule has 0 aliphatic rings. The van der Waals surface area contributed by atoms with Crippen molar-refractivity contribution in [3.8, 4) is 6.07 Å². The number of hydrogen-bond donors (Lipinski definition) is 1. The Morgan fingerprint density at radius 2 is 2.43 bits per heavy atom. The molecule has 0 unspecified atom stereocenters.